The largest absolute Gasteiger partial charge is 0.474 e. The van der Waals surface area contributed by atoms with Crippen molar-refractivity contribution in [3.63, 3.8) is 0 Å². The van der Waals surface area contributed by atoms with E-state index < -0.39 is 5.54 Å². The Bertz CT molecular complexity index is 872. The fraction of sp³-hybridized carbons (Fsp3) is 0.556. The lowest BCUT2D eigenvalue weighted by atomic mass is 9.82. The van der Waals surface area contributed by atoms with E-state index in [-0.39, 0.29) is 6.10 Å². The molecule has 0 amide bonds. The maximum atomic E-state index is 8.98. The molecule has 0 bridgehead atoms. The first-order valence-electron chi connectivity index (χ1n) is 8.64. The highest BCUT2D eigenvalue weighted by Crippen LogP contribution is 2.41. The van der Waals surface area contributed by atoms with Gasteiger partial charge in [-0.15, -0.1) is 0 Å². The summed E-state index contributed by atoms with van der Waals surface area (Å²) >= 11 is 8.02. The highest BCUT2D eigenvalue weighted by molar-refractivity contribution is 7.99. The maximum absolute atomic E-state index is 8.98. The average molecular weight is 392 g/mol. The molecule has 0 N–H and O–H groups in total. The second kappa shape index (κ2) is 7.51. The summed E-state index contributed by atoms with van der Waals surface area (Å²) in [5.74, 6) is 1.04. The van der Waals surface area contributed by atoms with E-state index >= 15 is 0 Å². The standard InChI is InChI=1S/C18H22ClN5OS/c1-5-18(3,23-24-20)13-9-22-17(12-8-21-16(19)6-11(12)13)25-14-7-15(26-4)10(14)2/h6,8-10,14-15H,5,7H2,1-4H3/t10-,14+,15-,18-/m1/s1. The van der Waals surface area contributed by atoms with Crippen molar-refractivity contribution in [1.29, 1.82) is 0 Å². The van der Waals surface area contributed by atoms with Gasteiger partial charge in [0.2, 0.25) is 5.88 Å². The van der Waals surface area contributed by atoms with Crippen molar-refractivity contribution in [3.8, 4) is 5.88 Å². The first-order valence-corrected chi connectivity index (χ1v) is 10.3. The molecule has 2 aromatic rings. The van der Waals surface area contributed by atoms with Crippen LogP contribution < -0.4 is 4.74 Å². The highest BCUT2D eigenvalue weighted by Gasteiger charge is 2.39. The Labute approximate surface area is 162 Å². The number of hydrogen-bond acceptors (Lipinski definition) is 5. The van der Waals surface area contributed by atoms with Crippen LogP contribution in [-0.2, 0) is 5.54 Å². The highest BCUT2D eigenvalue weighted by atomic mass is 35.5. The van der Waals surface area contributed by atoms with Crippen molar-refractivity contribution in [2.24, 2.45) is 11.0 Å². The second-order valence-electron chi connectivity index (χ2n) is 6.87. The zero-order chi connectivity index (χ0) is 18.9. The van der Waals surface area contributed by atoms with Crippen LogP contribution >= 0.6 is 23.4 Å². The number of hydrogen-bond donors (Lipinski definition) is 0. The van der Waals surface area contributed by atoms with Crippen LogP contribution in [-0.4, -0.2) is 27.6 Å². The summed E-state index contributed by atoms with van der Waals surface area (Å²) in [5.41, 5.74) is 9.10. The summed E-state index contributed by atoms with van der Waals surface area (Å²) in [4.78, 5) is 11.8. The summed E-state index contributed by atoms with van der Waals surface area (Å²) in [6, 6.07) is 1.79. The van der Waals surface area contributed by atoms with Gasteiger partial charge in [0, 0.05) is 28.5 Å². The lowest BCUT2D eigenvalue weighted by molar-refractivity contribution is 0.0622. The molecular formula is C18H22ClN5OS. The van der Waals surface area contributed by atoms with Crippen molar-refractivity contribution in [1.82, 2.24) is 9.97 Å². The zero-order valence-corrected chi connectivity index (χ0v) is 16.9. The number of ether oxygens (including phenoxy) is 1. The van der Waals surface area contributed by atoms with Gasteiger partial charge >= 0.3 is 0 Å². The molecule has 0 radical (unpaired) electrons. The molecule has 2 heterocycles. The molecule has 4 atom stereocenters. The smallest absolute Gasteiger partial charge is 0.223 e. The molecule has 0 aromatic carbocycles. The van der Waals surface area contributed by atoms with Crippen LogP contribution in [0.4, 0.5) is 0 Å². The van der Waals surface area contributed by atoms with Crippen molar-refractivity contribution >= 4 is 34.1 Å². The molecule has 8 heteroatoms. The maximum Gasteiger partial charge on any atom is 0.223 e. The lowest BCUT2D eigenvalue weighted by Gasteiger charge is -2.41. The number of thioether (sulfide) groups is 1. The number of pyridine rings is 2. The third kappa shape index (κ3) is 3.31. The van der Waals surface area contributed by atoms with E-state index in [0.29, 0.717) is 28.6 Å². The van der Waals surface area contributed by atoms with E-state index in [4.69, 9.17) is 21.9 Å². The molecule has 0 spiro atoms. The van der Waals surface area contributed by atoms with Crippen molar-refractivity contribution in [2.75, 3.05) is 6.26 Å². The summed E-state index contributed by atoms with van der Waals surface area (Å²) in [7, 11) is 0. The van der Waals surface area contributed by atoms with Gasteiger partial charge in [0.1, 0.15) is 11.3 Å². The van der Waals surface area contributed by atoms with E-state index in [2.05, 4.69) is 33.2 Å². The van der Waals surface area contributed by atoms with Crippen LogP contribution in [0.15, 0.2) is 23.6 Å². The average Bonchev–Trinajstić information content (AvgIpc) is 2.64. The predicted octanol–water partition coefficient (Wildman–Crippen LogP) is 5.74. The molecule has 1 aliphatic carbocycles. The van der Waals surface area contributed by atoms with Crippen LogP contribution in [0.5, 0.6) is 5.88 Å². The summed E-state index contributed by atoms with van der Waals surface area (Å²) in [5, 5.41) is 6.68. The number of azide groups is 1. The second-order valence-corrected chi connectivity index (χ2v) is 8.34. The van der Waals surface area contributed by atoms with E-state index in [1.165, 1.54) is 0 Å². The molecule has 0 unspecified atom stereocenters. The molecule has 1 saturated carbocycles. The Kier molecular flexibility index (Phi) is 5.51. The van der Waals surface area contributed by atoms with Crippen LogP contribution in [0.3, 0.4) is 0 Å². The van der Waals surface area contributed by atoms with Gasteiger partial charge in [-0.05, 0) is 48.6 Å². The lowest BCUT2D eigenvalue weighted by Crippen LogP contribution is -2.45. The monoisotopic (exact) mass is 391 g/mol. The number of nitrogens with zero attached hydrogens (tertiary/aromatic N) is 5. The molecule has 0 aliphatic heterocycles. The Morgan fingerprint density at radius 2 is 2.19 bits per heavy atom. The minimum absolute atomic E-state index is 0.152. The first kappa shape index (κ1) is 19.1. The minimum atomic E-state index is -0.711. The van der Waals surface area contributed by atoms with Crippen LogP contribution in [0, 0.1) is 5.92 Å². The topological polar surface area (TPSA) is 83.8 Å². The number of rotatable bonds is 6. The summed E-state index contributed by atoms with van der Waals surface area (Å²) in [6.45, 7) is 6.08. The minimum Gasteiger partial charge on any atom is -0.474 e. The normalized spacial score (nSPS) is 24.4. The molecule has 26 heavy (non-hydrogen) atoms. The number of fused-ring (bicyclic) bond motifs is 1. The Morgan fingerprint density at radius 3 is 2.81 bits per heavy atom. The van der Waals surface area contributed by atoms with Crippen LogP contribution in [0.1, 0.15) is 39.2 Å². The summed E-state index contributed by atoms with van der Waals surface area (Å²) < 4.78 is 6.20. The number of aromatic nitrogens is 2. The van der Waals surface area contributed by atoms with Gasteiger partial charge in [0.15, 0.2) is 0 Å². The third-order valence-corrected chi connectivity index (χ3v) is 6.87. The van der Waals surface area contributed by atoms with E-state index in [0.717, 1.165) is 22.8 Å². The van der Waals surface area contributed by atoms with Crippen LogP contribution in [0.2, 0.25) is 5.15 Å². The quantitative estimate of drug-likeness (QED) is 0.272. The fourth-order valence-electron chi connectivity index (χ4n) is 3.33. The van der Waals surface area contributed by atoms with Gasteiger partial charge in [-0.3, -0.25) is 0 Å². The van der Waals surface area contributed by atoms with Crippen molar-refractivity contribution in [2.45, 2.75) is 50.5 Å². The molecule has 2 aromatic heterocycles. The van der Waals surface area contributed by atoms with E-state index in [1.54, 1.807) is 18.5 Å². The third-order valence-electron chi connectivity index (χ3n) is 5.44. The number of halogens is 1. The Morgan fingerprint density at radius 1 is 1.42 bits per heavy atom. The Hall–Kier alpha value is -1.69. The molecule has 0 saturated heterocycles. The molecule has 1 aliphatic rings. The first-order chi connectivity index (χ1) is 12.4. The molecule has 1 fully saturated rings. The van der Waals surface area contributed by atoms with Gasteiger partial charge in [-0.25, -0.2) is 9.97 Å². The van der Waals surface area contributed by atoms with Gasteiger partial charge in [0.25, 0.3) is 0 Å². The molecule has 138 valence electrons. The van der Waals surface area contributed by atoms with E-state index in [1.807, 2.05) is 25.6 Å². The van der Waals surface area contributed by atoms with Crippen LogP contribution in [0.25, 0.3) is 21.2 Å². The predicted molar refractivity (Wildman–Crippen MR) is 107 cm³/mol. The van der Waals surface area contributed by atoms with Gasteiger partial charge in [-0.2, -0.15) is 11.8 Å². The van der Waals surface area contributed by atoms with E-state index in [9.17, 15) is 0 Å². The van der Waals surface area contributed by atoms with Crippen molar-refractivity contribution < 1.29 is 4.74 Å². The summed E-state index contributed by atoms with van der Waals surface area (Å²) in [6.07, 6.45) is 7.36. The van der Waals surface area contributed by atoms with Gasteiger partial charge in [-0.1, -0.05) is 30.6 Å². The Balaban J connectivity index is 2.06. The molecular weight excluding hydrogens is 370 g/mol. The van der Waals surface area contributed by atoms with Gasteiger partial charge < -0.3 is 4.74 Å². The SMILES string of the molecule is CC[C@@](C)(N=[N+]=[N-])c1cnc(O[C@H]2C[C@@H](SC)[C@@H]2C)c2cnc(Cl)cc12. The molecule has 6 nitrogen and oxygen atoms in total. The van der Waals surface area contributed by atoms with Gasteiger partial charge in [0.05, 0.1) is 10.9 Å². The fourth-order valence-corrected chi connectivity index (χ4v) is 4.48. The zero-order valence-electron chi connectivity index (χ0n) is 15.3. The molecule has 3 rings (SSSR count). The van der Waals surface area contributed by atoms with Crippen molar-refractivity contribution in [3.05, 3.63) is 39.6 Å².